The SMILES string of the molecule is O=C(NC(F)CCOS(=O)(=O)OCCC(F)NC(=O)OCCOC(=O)C1CCCCC1)OCCOC(=O)C1CCCCC1. The Morgan fingerprint density at radius 1 is 0.581 bits per heavy atom. The lowest BCUT2D eigenvalue weighted by atomic mass is 9.89. The normalized spacial score (nSPS) is 17.7. The summed E-state index contributed by atoms with van der Waals surface area (Å²) in [6.45, 7) is -2.34. The van der Waals surface area contributed by atoms with Crippen molar-refractivity contribution in [3.63, 3.8) is 0 Å². The van der Waals surface area contributed by atoms with Crippen molar-refractivity contribution in [2.24, 2.45) is 11.8 Å². The van der Waals surface area contributed by atoms with Gasteiger partial charge in [0.1, 0.15) is 26.4 Å². The largest absolute Gasteiger partial charge is 0.462 e. The number of hydrogen-bond acceptors (Lipinski definition) is 12. The molecular formula is C26H42F2N2O12S. The fraction of sp³-hybridized carbons (Fsp3) is 0.846. The number of amides is 2. The number of carbonyl (C=O) groups is 4. The fourth-order valence-corrected chi connectivity index (χ4v) is 5.16. The zero-order valence-corrected chi connectivity index (χ0v) is 24.9. The Morgan fingerprint density at radius 3 is 1.30 bits per heavy atom. The number of carbonyl (C=O) groups excluding carboxylic acids is 4. The molecular weight excluding hydrogens is 602 g/mol. The minimum absolute atomic E-state index is 0.155. The van der Waals surface area contributed by atoms with Crippen LogP contribution in [0.2, 0.25) is 0 Å². The lowest BCUT2D eigenvalue weighted by Crippen LogP contribution is -2.34. The molecule has 0 bridgehead atoms. The molecule has 2 unspecified atom stereocenters. The third-order valence-electron chi connectivity index (χ3n) is 6.75. The van der Waals surface area contributed by atoms with Gasteiger partial charge in [0.25, 0.3) is 0 Å². The number of esters is 2. The molecule has 0 aromatic heterocycles. The molecule has 2 atom stereocenters. The summed E-state index contributed by atoms with van der Waals surface area (Å²) in [6, 6.07) is 0. The quantitative estimate of drug-likeness (QED) is 0.0963. The van der Waals surface area contributed by atoms with Gasteiger partial charge >= 0.3 is 34.5 Å². The smallest absolute Gasteiger partial charge is 0.409 e. The van der Waals surface area contributed by atoms with Crippen LogP contribution in [0.5, 0.6) is 0 Å². The molecule has 0 aromatic carbocycles. The summed E-state index contributed by atoms with van der Waals surface area (Å²) in [5.41, 5.74) is 0. The number of ether oxygens (including phenoxy) is 4. The fourth-order valence-electron chi connectivity index (χ4n) is 4.49. The van der Waals surface area contributed by atoms with Crippen LogP contribution in [0.25, 0.3) is 0 Å². The molecule has 0 spiro atoms. The maximum absolute atomic E-state index is 13.9. The minimum atomic E-state index is -4.62. The van der Waals surface area contributed by atoms with Crippen LogP contribution in [0.3, 0.4) is 0 Å². The zero-order valence-electron chi connectivity index (χ0n) is 24.1. The Balaban J connectivity index is 1.46. The van der Waals surface area contributed by atoms with E-state index in [0.717, 1.165) is 64.2 Å². The van der Waals surface area contributed by atoms with Crippen molar-refractivity contribution in [2.45, 2.75) is 89.6 Å². The predicted molar refractivity (Wildman–Crippen MR) is 144 cm³/mol. The summed E-state index contributed by atoms with van der Waals surface area (Å²) in [7, 11) is -4.62. The van der Waals surface area contributed by atoms with Gasteiger partial charge in [0.2, 0.25) is 0 Å². The molecule has 0 aliphatic heterocycles. The van der Waals surface area contributed by atoms with Crippen molar-refractivity contribution >= 4 is 34.5 Å². The van der Waals surface area contributed by atoms with Crippen molar-refractivity contribution in [2.75, 3.05) is 39.6 Å². The van der Waals surface area contributed by atoms with E-state index in [1.165, 1.54) is 0 Å². The first-order chi connectivity index (χ1) is 20.6. The second-order valence-corrected chi connectivity index (χ2v) is 11.4. The van der Waals surface area contributed by atoms with Crippen molar-refractivity contribution in [3.05, 3.63) is 0 Å². The van der Waals surface area contributed by atoms with Crippen LogP contribution in [-0.4, -0.2) is 84.8 Å². The van der Waals surface area contributed by atoms with Gasteiger partial charge in [0.15, 0.2) is 12.6 Å². The number of rotatable bonds is 18. The molecule has 0 aromatic rings. The number of alkyl halides is 2. The van der Waals surface area contributed by atoms with E-state index in [9.17, 15) is 36.4 Å². The standard InChI is InChI=1S/C26H42F2N2O12S/c27-21(29-25(33)39-17-15-37-23(31)19-7-3-1-4-8-19)11-13-41-43(35,36)42-14-12-22(28)30-26(34)40-18-16-38-24(32)20-9-5-2-6-10-20/h19-22H,1-18H2,(H,29,33)(H,30,34). The van der Waals surface area contributed by atoms with E-state index in [2.05, 4.69) is 8.37 Å². The highest BCUT2D eigenvalue weighted by Crippen LogP contribution is 2.25. The van der Waals surface area contributed by atoms with Crippen LogP contribution in [0.15, 0.2) is 0 Å². The highest BCUT2D eigenvalue weighted by Gasteiger charge is 2.24. The maximum Gasteiger partial charge on any atom is 0.409 e. The molecule has 248 valence electrons. The molecule has 2 N–H and O–H groups in total. The van der Waals surface area contributed by atoms with Crippen molar-refractivity contribution in [1.82, 2.24) is 10.6 Å². The van der Waals surface area contributed by atoms with Gasteiger partial charge in [-0.2, -0.15) is 8.42 Å². The molecule has 0 heterocycles. The van der Waals surface area contributed by atoms with Crippen LogP contribution in [-0.2, 0) is 47.3 Å². The first-order valence-electron chi connectivity index (χ1n) is 14.6. The average molecular weight is 645 g/mol. The molecule has 2 aliphatic carbocycles. The summed E-state index contributed by atoms with van der Waals surface area (Å²) in [5.74, 6) is -1.02. The molecule has 0 radical (unpaired) electrons. The summed E-state index contributed by atoms with van der Waals surface area (Å²) in [5, 5.41) is 3.64. The van der Waals surface area contributed by atoms with E-state index in [0.29, 0.717) is 0 Å². The predicted octanol–water partition coefficient (Wildman–Crippen LogP) is 3.34. The van der Waals surface area contributed by atoms with Crippen molar-refractivity contribution < 1.29 is 63.7 Å². The van der Waals surface area contributed by atoms with Crippen molar-refractivity contribution in [1.29, 1.82) is 0 Å². The third kappa shape index (κ3) is 16.6. The van der Waals surface area contributed by atoms with Crippen LogP contribution < -0.4 is 10.6 Å². The molecule has 17 heteroatoms. The van der Waals surface area contributed by atoms with E-state index in [1.807, 2.05) is 10.6 Å². The molecule has 2 saturated carbocycles. The van der Waals surface area contributed by atoms with Gasteiger partial charge < -0.3 is 18.9 Å². The van der Waals surface area contributed by atoms with E-state index >= 15 is 0 Å². The Bertz CT molecular complexity index is 905. The van der Waals surface area contributed by atoms with Crippen LogP contribution in [0.4, 0.5) is 18.4 Å². The van der Waals surface area contributed by atoms with E-state index in [-0.39, 0.29) is 50.2 Å². The van der Waals surface area contributed by atoms with Gasteiger partial charge in [0, 0.05) is 12.8 Å². The van der Waals surface area contributed by atoms with Crippen LogP contribution in [0.1, 0.15) is 77.0 Å². The van der Waals surface area contributed by atoms with Gasteiger partial charge in [0.05, 0.1) is 25.0 Å². The first kappa shape index (κ1) is 36.4. The Kier molecular flexibility index (Phi) is 17.1. The Hall–Kier alpha value is -2.79. The highest BCUT2D eigenvalue weighted by atomic mass is 32.3. The minimum Gasteiger partial charge on any atom is -0.462 e. The summed E-state index contributed by atoms with van der Waals surface area (Å²) < 4.78 is 79.6. The first-order valence-corrected chi connectivity index (χ1v) is 15.9. The Morgan fingerprint density at radius 2 is 0.930 bits per heavy atom. The molecule has 2 rings (SSSR count). The topological polar surface area (TPSA) is 182 Å². The van der Waals surface area contributed by atoms with Crippen molar-refractivity contribution in [3.8, 4) is 0 Å². The Labute approximate surface area is 250 Å². The van der Waals surface area contributed by atoms with Crippen LogP contribution >= 0.6 is 0 Å². The van der Waals surface area contributed by atoms with Gasteiger partial charge in [-0.15, -0.1) is 0 Å². The van der Waals surface area contributed by atoms with E-state index < -0.39 is 61.2 Å². The van der Waals surface area contributed by atoms with Gasteiger partial charge in [-0.3, -0.25) is 20.2 Å². The van der Waals surface area contributed by atoms with Gasteiger partial charge in [-0.05, 0) is 25.7 Å². The van der Waals surface area contributed by atoms with E-state index in [1.54, 1.807) is 0 Å². The number of hydrogen-bond donors (Lipinski definition) is 2. The van der Waals surface area contributed by atoms with Crippen LogP contribution in [0, 0.1) is 11.8 Å². The molecule has 43 heavy (non-hydrogen) atoms. The second kappa shape index (κ2) is 20.2. The molecule has 2 fully saturated rings. The number of alkyl carbamates (subject to hydrolysis) is 2. The van der Waals surface area contributed by atoms with E-state index in [4.69, 9.17) is 18.9 Å². The number of halogens is 2. The zero-order chi connectivity index (χ0) is 31.5. The summed E-state index contributed by atoms with van der Waals surface area (Å²) >= 11 is 0. The lowest BCUT2D eigenvalue weighted by Gasteiger charge is -2.19. The maximum atomic E-state index is 13.9. The monoisotopic (exact) mass is 644 g/mol. The van der Waals surface area contributed by atoms with Gasteiger partial charge in [-0.25, -0.2) is 26.7 Å². The molecule has 0 saturated heterocycles. The highest BCUT2D eigenvalue weighted by molar-refractivity contribution is 7.81. The second-order valence-electron chi connectivity index (χ2n) is 10.1. The average Bonchev–Trinajstić information content (AvgIpc) is 2.98. The number of nitrogens with one attached hydrogen (secondary N) is 2. The lowest BCUT2D eigenvalue weighted by molar-refractivity contribution is -0.151. The third-order valence-corrected chi connectivity index (χ3v) is 7.66. The molecule has 2 aliphatic rings. The summed E-state index contributed by atoms with van der Waals surface area (Å²) in [4.78, 5) is 47.0. The molecule has 2 amide bonds. The summed E-state index contributed by atoms with van der Waals surface area (Å²) in [6.07, 6.45) is 1.60. The van der Waals surface area contributed by atoms with Gasteiger partial charge in [-0.1, -0.05) is 38.5 Å². The molecule has 14 nitrogen and oxygen atoms in total.